The predicted molar refractivity (Wildman–Crippen MR) is 84.7 cm³/mol. The minimum Gasteiger partial charge on any atom is -0.478 e. The first-order chi connectivity index (χ1) is 10.7. The van der Waals surface area contributed by atoms with Gasteiger partial charge < -0.3 is 14.6 Å². The van der Waals surface area contributed by atoms with Crippen LogP contribution >= 0.6 is 0 Å². The van der Waals surface area contributed by atoms with Crippen LogP contribution in [-0.4, -0.2) is 24.5 Å². The number of rotatable bonds is 8. The highest BCUT2D eigenvalue weighted by molar-refractivity contribution is 5.85. The maximum atomic E-state index is 10.5. The van der Waals surface area contributed by atoms with Crippen LogP contribution in [0.5, 0.6) is 5.75 Å². The number of hydrogen-bond donors (Lipinski definition) is 1. The Morgan fingerprint density at radius 1 is 1.00 bits per heavy atom. The Balaban J connectivity index is 1.75. The Hall–Kier alpha value is -2.59. The molecule has 0 aromatic heterocycles. The molecule has 0 fully saturated rings. The smallest absolute Gasteiger partial charge is 0.331 e. The molecule has 2 aromatic rings. The lowest BCUT2D eigenvalue weighted by molar-refractivity contribution is -0.133. The van der Waals surface area contributed by atoms with Crippen LogP contribution in [0.25, 0.3) is 11.1 Å². The standard InChI is InChI=1S/C18H18O4/c1-14(18(19)20)11-12-21-13-22-17-9-7-16(8-10-17)15-5-3-2-4-6-15/h2-10H,1,11-13H2,(H,19,20). The highest BCUT2D eigenvalue weighted by atomic mass is 16.7. The van der Waals surface area contributed by atoms with Gasteiger partial charge in [-0.25, -0.2) is 4.79 Å². The van der Waals surface area contributed by atoms with Crippen molar-refractivity contribution in [1.29, 1.82) is 0 Å². The third kappa shape index (κ3) is 4.75. The monoisotopic (exact) mass is 298 g/mol. The van der Waals surface area contributed by atoms with Crippen LogP contribution in [0.2, 0.25) is 0 Å². The molecule has 4 heteroatoms. The van der Waals surface area contributed by atoms with E-state index in [1.165, 1.54) is 0 Å². The van der Waals surface area contributed by atoms with Crippen molar-refractivity contribution in [2.45, 2.75) is 6.42 Å². The SMILES string of the molecule is C=C(CCOCOc1ccc(-c2ccccc2)cc1)C(=O)O. The molecule has 0 bridgehead atoms. The van der Waals surface area contributed by atoms with E-state index in [2.05, 4.69) is 6.58 Å². The van der Waals surface area contributed by atoms with E-state index in [9.17, 15) is 4.79 Å². The number of aliphatic carboxylic acids is 1. The quantitative estimate of drug-likeness (QED) is 0.458. The predicted octanol–water partition coefficient (Wildman–Crippen LogP) is 3.74. The average molecular weight is 298 g/mol. The molecular formula is C18H18O4. The average Bonchev–Trinajstić information content (AvgIpc) is 2.55. The van der Waals surface area contributed by atoms with E-state index in [0.717, 1.165) is 11.1 Å². The molecule has 0 saturated carbocycles. The van der Waals surface area contributed by atoms with Crippen molar-refractivity contribution >= 4 is 5.97 Å². The molecule has 114 valence electrons. The van der Waals surface area contributed by atoms with Gasteiger partial charge in [0.25, 0.3) is 0 Å². The highest BCUT2D eigenvalue weighted by Crippen LogP contribution is 2.21. The van der Waals surface area contributed by atoms with E-state index in [1.54, 1.807) is 0 Å². The summed E-state index contributed by atoms with van der Waals surface area (Å²) in [6, 6.07) is 17.8. The van der Waals surface area contributed by atoms with Crippen molar-refractivity contribution < 1.29 is 19.4 Å². The number of hydrogen-bond acceptors (Lipinski definition) is 3. The first-order valence-corrected chi connectivity index (χ1v) is 6.94. The summed E-state index contributed by atoms with van der Waals surface area (Å²) in [6.07, 6.45) is 0.283. The lowest BCUT2D eigenvalue weighted by Crippen LogP contribution is -2.07. The molecule has 22 heavy (non-hydrogen) atoms. The zero-order valence-corrected chi connectivity index (χ0v) is 12.2. The van der Waals surface area contributed by atoms with Crippen LogP contribution in [0.1, 0.15) is 6.42 Å². The Morgan fingerprint density at radius 3 is 2.27 bits per heavy atom. The Morgan fingerprint density at radius 2 is 1.64 bits per heavy atom. The van der Waals surface area contributed by atoms with Gasteiger partial charge in [-0.1, -0.05) is 49.0 Å². The molecule has 1 N–H and O–H groups in total. The van der Waals surface area contributed by atoms with Gasteiger partial charge in [0.1, 0.15) is 5.75 Å². The second kappa shape index (κ2) is 8.00. The maximum absolute atomic E-state index is 10.5. The third-order valence-corrected chi connectivity index (χ3v) is 3.12. The molecule has 0 atom stereocenters. The molecule has 0 heterocycles. The van der Waals surface area contributed by atoms with Crippen LogP contribution in [0.3, 0.4) is 0 Å². The maximum Gasteiger partial charge on any atom is 0.331 e. The largest absolute Gasteiger partial charge is 0.478 e. The van der Waals surface area contributed by atoms with Gasteiger partial charge in [-0.3, -0.25) is 0 Å². The molecular weight excluding hydrogens is 280 g/mol. The molecule has 0 spiro atoms. The minimum atomic E-state index is -0.999. The molecule has 4 nitrogen and oxygen atoms in total. The number of carboxylic acid groups (broad SMARTS) is 1. The fraction of sp³-hybridized carbons (Fsp3) is 0.167. The van der Waals surface area contributed by atoms with Gasteiger partial charge in [-0.15, -0.1) is 0 Å². The van der Waals surface area contributed by atoms with E-state index in [0.29, 0.717) is 5.75 Å². The van der Waals surface area contributed by atoms with E-state index in [1.807, 2.05) is 54.6 Å². The summed E-state index contributed by atoms with van der Waals surface area (Å²) < 4.78 is 10.7. The summed E-state index contributed by atoms with van der Waals surface area (Å²) in [5.41, 5.74) is 2.40. The number of carboxylic acids is 1. The van der Waals surface area contributed by atoms with Crippen molar-refractivity contribution in [2.75, 3.05) is 13.4 Å². The number of ether oxygens (including phenoxy) is 2. The van der Waals surface area contributed by atoms with Gasteiger partial charge in [0.15, 0.2) is 6.79 Å². The minimum absolute atomic E-state index is 0.0809. The first kappa shape index (κ1) is 15.8. The molecule has 0 aliphatic carbocycles. The van der Waals surface area contributed by atoms with E-state index in [-0.39, 0.29) is 25.4 Å². The van der Waals surface area contributed by atoms with Crippen LogP contribution in [0.15, 0.2) is 66.7 Å². The molecule has 0 radical (unpaired) electrons. The van der Waals surface area contributed by atoms with Crippen LogP contribution < -0.4 is 4.74 Å². The highest BCUT2D eigenvalue weighted by Gasteiger charge is 2.03. The molecule has 0 aliphatic rings. The summed E-state index contributed by atoms with van der Waals surface area (Å²) in [5, 5.41) is 8.65. The Kier molecular flexibility index (Phi) is 5.74. The van der Waals surface area contributed by atoms with Crippen LogP contribution in [0, 0.1) is 0 Å². The third-order valence-electron chi connectivity index (χ3n) is 3.12. The van der Waals surface area contributed by atoms with E-state index < -0.39 is 5.97 Å². The number of carbonyl (C=O) groups is 1. The van der Waals surface area contributed by atoms with E-state index >= 15 is 0 Å². The fourth-order valence-electron chi connectivity index (χ4n) is 1.85. The van der Waals surface area contributed by atoms with Gasteiger partial charge in [0.05, 0.1) is 6.61 Å². The lowest BCUT2D eigenvalue weighted by Gasteiger charge is -2.08. The molecule has 0 saturated heterocycles. The molecule has 2 rings (SSSR count). The summed E-state index contributed by atoms with van der Waals surface area (Å²) in [5.74, 6) is -0.294. The van der Waals surface area contributed by atoms with Gasteiger partial charge in [-0.05, 0) is 23.3 Å². The molecule has 0 unspecified atom stereocenters. The molecule has 2 aromatic carbocycles. The van der Waals surface area contributed by atoms with Crippen LogP contribution in [0.4, 0.5) is 0 Å². The molecule has 0 aliphatic heterocycles. The Labute approximate surface area is 129 Å². The second-order valence-corrected chi connectivity index (χ2v) is 4.72. The van der Waals surface area contributed by atoms with Gasteiger partial charge >= 0.3 is 5.97 Å². The van der Waals surface area contributed by atoms with Gasteiger partial charge in [-0.2, -0.15) is 0 Å². The first-order valence-electron chi connectivity index (χ1n) is 6.94. The summed E-state index contributed by atoms with van der Waals surface area (Å²) >= 11 is 0. The normalized spacial score (nSPS) is 10.2. The van der Waals surface area contributed by atoms with Gasteiger partial charge in [0, 0.05) is 12.0 Å². The topological polar surface area (TPSA) is 55.8 Å². The Bertz CT molecular complexity index is 617. The van der Waals surface area contributed by atoms with E-state index in [4.69, 9.17) is 14.6 Å². The van der Waals surface area contributed by atoms with Gasteiger partial charge in [0.2, 0.25) is 0 Å². The van der Waals surface area contributed by atoms with Crippen molar-refractivity contribution in [3.63, 3.8) is 0 Å². The zero-order chi connectivity index (χ0) is 15.8. The zero-order valence-electron chi connectivity index (χ0n) is 12.2. The lowest BCUT2D eigenvalue weighted by atomic mass is 10.1. The summed E-state index contributed by atoms with van der Waals surface area (Å²) in [6.45, 7) is 3.78. The fourth-order valence-corrected chi connectivity index (χ4v) is 1.85. The molecule has 0 amide bonds. The summed E-state index contributed by atoms with van der Waals surface area (Å²) in [4.78, 5) is 10.5. The van der Waals surface area contributed by atoms with Crippen molar-refractivity contribution in [2.24, 2.45) is 0 Å². The van der Waals surface area contributed by atoms with Crippen LogP contribution in [-0.2, 0) is 9.53 Å². The van der Waals surface area contributed by atoms with Crippen molar-refractivity contribution in [3.05, 3.63) is 66.7 Å². The van der Waals surface area contributed by atoms with Crippen molar-refractivity contribution in [3.8, 4) is 16.9 Å². The second-order valence-electron chi connectivity index (χ2n) is 4.72. The number of benzene rings is 2. The van der Waals surface area contributed by atoms with Crippen molar-refractivity contribution in [1.82, 2.24) is 0 Å². The summed E-state index contributed by atoms with van der Waals surface area (Å²) in [7, 11) is 0.